The Morgan fingerprint density at radius 3 is 2.61 bits per heavy atom. The van der Waals surface area contributed by atoms with E-state index in [1.807, 2.05) is 6.07 Å². The fraction of sp³-hybridized carbons (Fsp3) is 0.0625. The Kier molecular flexibility index (Phi) is 3.57. The smallest absolute Gasteiger partial charge is 0.270 e. The number of carbonyl (C=O) groups is 1. The van der Waals surface area contributed by atoms with Gasteiger partial charge < -0.3 is 10.1 Å². The fourth-order valence-corrected chi connectivity index (χ4v) is 3.85. The van der Waals surface area contributed by atoms with E-state index in [0.29, 0.717) is 9.82 Å². The topological polar surface area (TPSA) is 90.5 Å². The molecule has 3 rings (SSSR count). The Balaban J connectivity index is 2.15. The van der Waals surface area contributed by atoms with Crippen molar-refractivity contribution in [1.82, 2.24) is 4.98 Å². The molecule has 118 valence electrons. The first-order chi connectivity index (χ1) is 10.9. The maximum Gasteiger partial charge on any atom is 0.270 e. The number of phenols is 1. The molecule has 6 nitrogen and oxygen atoms in total. The lowest BCUT2D eigenvalue weighted by molar-refractivity contribution is -0.115. The van der Waals surface area contributed by atoms with Gasteiger partial charge in [-0.3, -0.25) is 4.79 Å². The van der Waals surface area contributed by atoms with Crippen molar-refractivity contribution in [3.63, 3.8) is 0 Å². The second-order valence-electron chi connectivity index (χ2n) is 5.04. The molecule has 0 saturated heterocycles. The molecule has 2 N–H and O–H groups in total. The molecule has 0 unspecified atom stereocenters. The average Bonchev–Trinajstić information content (AvgIpc) is 2.94. The van der Waals surface area contributed by atoms with Crippen molar-refractivity contribution in [3.05, 3.63) is 54.7 Å². The highest BCUT2D eigenvalue weighted by molar-refractivity contribution is 7.93. The number of rotatable bonds is 3. The van der Waals surface area contributed by atoms with Gasteiger partial charge in [0.05, 0.1) is 10.6 Å². The van der Waals surface area contributed by atoms with Crippen LogP contribution >= 0.6 is 0 Å². The first-order valence-corrected chi connectivity index (χ1v) is 8.26. The van der Waals surface area contributed by atoms with E-state index in [9.17, 15) is 18.3 Å². The highest BCUT2D eigenvalue weighted by atomic mass is 32.2. The lowest BCUT2D eigenvalue weighted by atomic mass is 10.2. The van der Waals surface area contributed by atoms with Crippen LogP contribution in [0.3, 0.4) is 0 Å². The molecule has 0 spiro atoms. The van der Waals surface area contributed by atoms with Gasteiger partial charge in [-0.15, -0.1) is 0 Å². The minimum Gasteiger partial charge on any atom is -0.508 e. The summed E-state index contributed by atoms with van der Waals surface area (Å²) in [5.41, 5.74) is 0.745. The van der Waals surface area contributed by atoms with Crippen molar-refractivity contribution in [1.29, 1.82) is 0 Å². The van der Waals surface area contributed by atoms with E-state index in [0.717, 1.165) is 12.3 Å². The minimum absolute atomic E-state index is 0.00834. The summed E-state index contributed by atoms with van der Waals surface area (Å²) in [6.45, 7) is 1.16. The highest BCUT2D eigenvalue weighted by Gasteiger charge is 2.29. The van der Waals surface area contributed by atoms with Gasteiger partial charge in [-0.05, 0) is 35.7 Å². The maximum absolute atomic E-state index is 12.9. The predicted molar refractivity (Wildman–Crippen MR) is 86.8 cm³/mol. The van der Waals surface area contributed by atoms with Gasteiger partial charge in [-0.25, -0.2) is 12.7 Å². The number of sulfonamides is 1. The number of benzene rings is 2. The number of fused-ring (bicyclic) bond motifs is 1. The van der Waals surface area contributed by atoms with Crippen LogP contribution in [0.15, 0.2) is 59.6 Å². The van der Waals surface area contributed by atoms with Gasteiger partial charge >= 0.3 is 0 Å². The molecule has 1 aromatic heterocycles. The maximum atomic E-state index is 12.9. The standard InChI is InChI=1S/C16H14N2O4S/c1-11(19)18(13-3-2-4-14(20)9-13)23(21,22)15-6-5-12-7-8-17-16(12)10-15/h2-10,17,20H,1H3. The molecule has 0 radical (unpaired) electrons. The Morgan fingerprint density at radius 1 is 1.13 bits per heavy atom. The van der Waals surface area contributed by atoms with E-state index >= 15 is 0 Å². The van der Waals surface area contributed by atoms with E-state index < -0.39 is 15.9 Å². The molecule has 1 heterocycles. The predicted octanol–water partition coefficient (Wildman–Crippen LogP) is 2.62. The zero-order valence-electron chi connectivity index (χ0n) is 12.2. The molecule has 0 bridgehead atoms. The number of aromatic nitrogens is 1. The summed E-state index contributed by atoms with van der Waals surface area (Å²) in [6.07, 6.45) is 1.71. The fourth-order valence-electron chi connectivity index (χ4n) is 2.40. The van der Waals surface area contributed by atoms with Gasteiger partial charge in [0.2, 0.25) is 5.91 Å². The summed E-state index contributed by atoms with van der Waals surface area (Å²) < 4.78 is 26.4. The zero-order valence-corrected chi connectivity index (χ0v) is 13.0. The molecule has 0 aliphatic heterocycles. The third kappa shape index (κ3) is 2.66. The van der Waals surface area contributed by atoms with Gasteiger partial charge in [0.15, 0.2) is 0 Å². The molecule has 0 aliphatic carbocycles. The van der Waals surface area contributed by atoms with Gasteiger partial charge in [-0.1, -0.05) is 12.1 Å². The van der Waals surface area contributed by atoms with Gasteiger partial charge in [0.25, 0.3) is 10.0 Å². The zero-order chi connectivity index (χ0) is 16.6. The summed E-state index contributed by atoms with van der Waals surface area (Å²) in [7, 11) is -4.09. The number of anilines is 1. The summed E-state index contributed by atoms with van der Waals surface area (Å²) in [5.74, 6) is -0.786. The monoisotopic (exact) mass is 330 g/mol. The number of hydrogen-bond donors (Lipinski definition) is 2. The number of H-pyrrole nitrogens is 1. The number of carbonyl (C=O) groups excluding carboxylic acids is 1. The minimum atomic E-state index is -4.09. The van der Waals surface area contributed by atoms with Gasteiger partial charge in [0.1, 0.15) is 5.75 Å². The number of aromatic hydroxyl groups is 1. The second kappa shape index (κ2) is 5.44. The SMILES string of the molecule is CC(=O)N(c1cccc(O)c1)S(=O)(=O)c1ccc2cc[nH]c2c1. The number of phenolic OH excluding ortho intramolecular Hbond substituents is 1. The third-order valence-electron chi connectivity index (χ3n) is 3.41. The molecule has 23 heavy (non-hydrogen) atoms. The van der Waals surface area contributed by atoms with Crippen molar-refractivity contribution in [2.45, 2.75) is 11.8 Å². The number of nitrogens with zero attached hydrogens (tertiary/aromatic N) is 1. The molecule has 3 aromatic rings. The van der Waals surface area contributed by atoms with E-state index in [4.69, 9.17) is 0 Å². The summed E-state index contributed by atoms with van der Waals surface area (Å²) in [5, 5.41) is 10.4. The van der Waals surface area contributed by atoms with Crippen LogP contribution in [0.1, 0.15) is 6.92 Å². The molecule has 0 atom stereocenters. The van der Waals surface area contributed by atoms with Crippen molar-refractivity contribution < 1.29 is 18.3 Å². The summed E-state index contributed by atoms with van der Waals surface area (Å²) in [4.78, 5) is 14.9. The molecular weight excluding hydrogens is 316 g/mol. The van der Waals surface area contributed by atoms with Crippen LogP contribution in [0.4, 0.5) is 5.69 Å². The van der Waals surface area contributed by atoms with Gasteiger partial charge in [0, 0.05) is 24.7 Å². The lowest BCUT2D eigenvalue weighted by Crippen LogP contribution is -2.35. The van der Waals surface area contributed by atoms with Crippen molar-refractivity contribution in [2.75, 3.05) is 4.31 Å². The first-order valence-electron chi connectivity index (χ1n) is 6.82. The summed E-state index contributed by atoms with van der Waals surface area (Å²) >= 11 is 0. The van der Waals surface area contributed by atoms with E-state index in [1.165, 1.54) is 36.4 Å². The van der Waals surface area contributed by atoms with Crippen LogP contribution in [-0.4, -0.2) is 24.4 Å². The second-order valence-corrected chi connectivity index (χ2v) is 6.82. The molecular formula is C16H14N2O4S. The Labute approximate surface area is 133 Å². The van der Waals surface area contributed by atoms with Crippen LogP contribution in [-0.2, 0) is 14.8 Å². The molecule has 0 fully saturated rings. The van der Waals surface area contributed by atoms with Crippen molar-refractivity contribution in [2.24, 2.45) is 0 Å². The summed E-state index contributed by atoms with van der Waals surface area (Å²) in [6, 6.07) is 12.0. The normalized spacial score (nSPS) is 11.5. The Morgan fingerprint density at radius 2 is 1.91 bits per heavy atom. The van der Waals surface area contributed by atoms with E-state index in [-0.39, 0.29) is 16.3 Å². The Bertz CT molecular complexity index is 992. The van der Waals surface area contributed by atoms with Crippen molar-refractivity contribution >= 4 is 32.5 Å². The third-order valence-corrected chi connectivity index (χ3v) is 5.21. The van der Waals surface area contributed by atoms with Crippen LogP contribution in [0.2, 0.25) is 0 Å². The largest absolute Gasteiger partial charge is 0.508 e. The number of nitrogens with one attached hydrogen (secondary N) is 1. The highest BCUT2D eigenvalue weighted by Crippen LogP contribution is 2.28. The quantitative estimate of drug-likeness (QED) is 0.772. The molecule has 2 aromatic carbocycles. The number of aromatic amines is 1. The van der Waals surface area contributed by atoms with Crippen LogP contribution in [0, 0.1) is 0 Å². The molecule has 1 amide bonds. The average molecular weight is 330 g/mol. The molecule has 0 aliphatic rings. The molecule has 0 saturated carbocycles. The van der Waals surface area contributed by atoms with Crippen LogP contribution in [0.5, 0.6) is 5.75 Å². The van der Waals surface area contributed by atoms with Crippen LogP contribution < -0.4 is 4.31 Å². The number of hydrogen-bond acceptors (Lipinski definition) is 4. The lowest BCUT2D eigenvalue weighted by Gasteiger charge is -2.21. The Hall–Kier alpha value is -2.80. The van der Waals surface area contributed by atoms with Gasteiger partial charge in [-0.2, -0.15) is 0 Å². The van der Waals surface area contributed by atoms with Crippen molar-refractivity contribution in [3.8, 4) is 5.75 Å². The van der Waals surface area contributed by atoms with Crippen LogP contribution in [0.25, 0.3) is 10.9 Å². The molecule has 7 heteroatoms. The van der Waals surface area contributed by atoms with E-state index in [2.05, 4.69) is 4.98 Å². The number of amides is 1. The van der Waals surface area contributed by atoms with E-state index in [1.54, 1.807) is 12.3 Å². The first kappa shape index (κ1) is 15.1.